The molecule has 0 aliphatic carbocycles. The molecule has 0 bridgehead atoms. The van der Waals surface area contributed by atoms with Crippen molar-refractivity contribution in [3.63, 3.8) is 0 Å². The van der Waals surface area contributed by atoms with Crippen molar-refractivity contribution in [3.05, 3.63) is 25.3 Å². The average molecular weight is 1390 g/mol. The Balaban J connectivity index is 0.771. The van der Waals surface area contributed by atoms with E-state index in [9.17, 15) is 68.3 Å². The molecule has 8 aromatic rings. The molecule has 53 heteroatoms. The van der Waals surface area contributed by atoms with Crippen LogP contribution in [0.15, 0.2) is 25.3 Å². The lowest BCUT2D eigenvalue weighted by Crippen LogP contribution is -2.39. The first kappa shape index (κ1) is 65.7. The summed E-state index contributed by atoms with van der Waals surface area (Å²) >= 11 is 0. The smallest absolute Gasteiger partial charge is 0.268 e. The molecule has 4 fully saturated rings. The molecule has 12 rings (SSSR count). The Bertz CT molecular complexity index is 4370. The number of anilines is 8. The van der Waals surface area contributed by atoms with E-state index in [2.05, 4.69) is 64.3 Å². The molecule has 22 N–H and O–H groups in total. The van der Waals surface area contributed by atoms with Crippen molar-refractivity contribution in [1.82, 2.24) is 78.1 Å². The number of ether oxygens (including phenoxy) is 4. The summed E-state index contributed by atoms with van der Waals surface area (Å²) in [6.07, 6.45) is -28.1. The molecule has 49 nitrogen and oxygen atoms in total. The van der Waals surface area contributed by atoms with Crippen molar-refractivity contribution in [2.75, 3.05) is 72.3 Å². The summed E-state index contributed by atoms with van der Waals surface area (Å²) in [5, 5.41) is 57.0. The van der Waals surface area contributed by atoms with E-state index in [-0.39, 0.29) is 73.9 Å². The molecule has 8 aromatic heterocycles. The van der Waals surface area contributed by atoms with Crippen LogP contribution in [0, 0.1) is 0 Å². The van der Waals surface area contributed by atoms with E-state index < -0.39 is 174 Å². The molecule has 0 radical (unpaired) electrons. The molecular weight excluding hydrogens is 1340 g/mol. The second-order valence-corrected chi connectivity index (χ2v) is 25.8. The van der Waals surface area contributed by atoms with Gasteiger partial charge in [0.25, 0.3) is 31.3 Å². The number of phosphoric ester groups is 4. The summed E-state index contributed by atoms with van der Waals surface area (Å²) in [5.41, 5.74) is 47.2. The Hall–Kier alpha value is -7.32. The van der Waals surface area contributed by atoms with Gasteiger partial charge in [0, 0.05) is 0 Å². The molecule has 4 aliphatic rings. The lowest BCUT2D eigenvalue weighted by atomic mass is 10.1. The number of aliphatic hydroxyl groups is 5. The van der Waals surface area contributed by atoms with Gasteiger partial charge in [-0.2, -0.15) is 0 Å². The minimum Gasteiger partial charge on any atom is -0.756 e. The highest BCUT2D eigenvalue weighted by Crippen LogP contribution is 2.53. The molecule has 20 unspecified atom stereocenters. The number of hydrogen-bond acceptors (Lipinski definition) is 44. The van der Waals surface area contributed by atoms with Crippen molar-refractivity contribution >= 4 is 123 Å². The van der Waals surface area contributed by atoms with Gasteiger partial charge in [0.2, 0.25) is 23.8 Å². The zero-order valence-electron chi connectivity index (χ0n) is 46.4. The maximum atomic E-state index is 14.1. The largest absolute Gasteiger partial charge is 0.756 e. The van der Waals surface area contributed by atoms with E-state index in [1.165, 1.54) is 0 Å². The molecule has 0 spiro atoms. The van der Waals surface area contributed by atoms with Crippen LogP contribution in [0.2, 0.25) is 0 Å². The lowest BCUT2D eigenvalue weighted by molar-refractivity contribution is -0.238. The van der Waals surface area contributed by atoms with Crippen LogP contribution in [0.4, 0.5) is 47.1 Å². The van der Waals surface area contributed by atoms with Gasteiger partial charge in [-0.3, -0.25) is 36.5 Å². The quantitative estimate of drug-likeness (QED) is 0.0280. The van der Waals surface area contributed by atoms with E-state index in [0.717, 1.165) is 43.6 Å². The molecule has 0 aromatic carbocycles. The highest BCUT2D eigenvalue weighted by Gasteiger charge is 2.54. The highest BCUT2D eigenvalue weighted by molar-refractivity contribution is 7.46. The van der Waals surface area contributed by atoms with Gasteiger partial charge in [-0.25, -0.2) is 59.8 Å². The van der Waals surface area contributed by atoms with Crippen LogP contribution in [0.25, 0.3) is 44.7 Å². The maximum absolute atomic E-state index is 14.1. The number of fused-ring (bicyclic) bond motifs is 4. The second kappa shape index (κ2) is 24.5. The molecular formula is C40H50N24O25P4-4. The zero-order valence-corrected chi connectivity index (χ0v) is 50.0. The van der Waals surface area contributed by atoms with Crippen molar-refractivity contribution in [3.8, 4) is 0 Å². The van der Waals surface area contributed by atoms with Crippen LogP contribution in [0.1, 0.15) is 24.9 Å². The standard InChI is InChI=1S/C40H54N24O25P4/c41-25-13-29(53-5-49-25)61(37(45)57-13)33-21(69)17(65)9(83-33)2-80-91(73,74)88-23-19(67)11(85-35(23)63-31-15(59-39(63)47)27(43)51-7-55-31)4-82-93(77,78)89-24-20(68)12(86-36(24)64-32-16(60-40(64)48)28(44)52-8-56-32)3-81-92(75,76)87-22-18(66)10(1-79-90(70,71)72)84-34(22)62-30-14(58-38(62)46)26(42)50-6-54-30/h5-12,17-24,33-36,65-69H,1-4H2,(H2,45,57)(H2,46,58)(H2,47,59)(H2,48,60)(H,73,74)(H,75,76)(H,77,78)(H2,41,49,53)(H2,42,50,54)(H2,43,51,55)(H2,44,52,56)(H2,70,71,72)/p-4. The SMILES string of the molecule is Nc1ncnc2c1nc(N)n2C1OC(COP(=O)([O-])OC2C(O)C(COP(=O)([O-])OC3C(O)C(COP(=O)([O-])OC4C(O)C(COP(=O)([O-])O)OC4n4c(N)nc5c(N)ncnc54)OC3n3c(N)nc4c(N)ncnc43)OC2n2c(N)nc3c(N)ncnc32)C(O)C1O. The Kier molecular flexibility index (Phi) is 17.3. The molecule has 20 atom stereocenters. The number of imidazole rings is 4. The number of nitrogens with two attached hydrogens (primary N) is 8. The van der Waals surface area contributed by atoms with Crippen LogP contribution in [0.5, 0.6) is 0 Å². The number of nitrogen functional groups attached to an aromatic ring is 8. The number of aromatic nitrogens is 16. The Morgan fingerprint density at radius 1 is 0.387 bits per heavy atom. The fourth-order valence-corrected chi connectivity index (χ4v) is 13.7. The molecule has 93 heavy (non-hydrogen) atoms. The third-order valence-electron chi connectivity index (χ3n) is 14.8. The minimum absolute atomic E-state index is 0.00546. The second-order valence-electron chi connectivity index (χ2n) is 20.5. The first-order valence-corrected chi connectivity index (χ1v) is 32.3. The number of hydrogen-bond donors (Lipinski definition) is 14. The van der Waals surface area contributed by atoms with Gasteiger partial charge < -0.3 is 146 Å². The van der Waals surface area contributed by atoms with E-state index in [1.807, 2.05) is 0 Å². The van der Waals surface area contributed by atoms with Gasteiger partial charge in [-0.05, 0) is 0 Å². The van der Waals surface area contributed by atoms with Gasteiger partial charge in [0.05, 0.1) is 26.4 Å². The van der Waals surface area contributed by atoms with Crippen LogP contribution in [-0.4, -0.2) is 208 Å². The van der Waals surface area contributed by atoms with Crippen LogP contribution < -0.4 is 65.4 Å². The summed E-state index contributed by atoms with van der Waals surface area (Å²) < 4.78 is 116. The van der Waals surface area contributed by atoms with E-state index >= 15 is 0 Å². The summed E-state index contributed by atoms with van der Waals surface area (Å²) in [5.74, 6) is -2.66. The van der Waals surface area contributed by atoms with E-state index in [0.29, 0.717) is 0 Å². The predicted molar refractivity (Wildman–Crippen MR) is 293 cm³/mol. The summed E-state index contributed by atoms with van der Waals surface area (Å²) in [7, 11) is -23.3. The van der Waals surface area contributed by atoms with Crippen molar-refractivity contribution in [2.45, 2.75) is 98.2 Å². The third-order valence-corrected chi connectivity index (χ3v) is 18.1. The van der Waals surface area contributed by atoms with Crippen molar-refractivity contribution < 1.29 is 119 Å². The predicted octanol–water partition coefficient (Wildman–Crippen LogP) is -8.51. The normalized spacial score (nSPS) is 31.0. The maximum Gasteiger partial charge on any atom is 0.268 e. The molecule has 504 valence electrons. The van der Waals surface area contributed by atoms with Crippen LogP contribution >= 0.6 is 31.3 Å². The van der Waals surface area contributed by atoms with Gasteiger partial charge in [0.15, 0.2) is 92.8 Å². The minimum atomic E-state index is -6.02. The van der Waals surface area contributed by atoms with Crippen molar-refractivity contribution in [1.29, 1.82) is 0 Å². The van der Waals surface area contributed by atoms with Gasteiger partial charge in [0.1, 0.15) is 98.6 Å². The summed E-state index contributed by atoms with van der Waals surface area (Å²) in [6.45, 7) is -4.83. The van der Waals surface area contributed by atoms with Crippen molar-refractivity contribution in [2.24, 2.45) is 0 Å². The molecule has 12 heterocycles. The molecule has 0 saturated carbocycles. The molecule has 0 amide bonds. The Morgan fingerprint density at radius 2 is 0.634 bits per heavy atom. The first-order valence-electron chi connectivity index (χ1n) is 26.4. The first-order chi connectivity index (χ1) is 43.8. The van der Waals surface area contributed by atoms with Gasteiger partial charge >= 0.3 is 0 Å². The fraction of sp³-hybridized carbons (Fsp3) is 0.500. The number of rotatable bonds is 22. The summed E-state index contributed by atoms with van der Waals surface area (Å²) in [4.78, 5) is 110. The number of aliphatic hydroxyl groups excluding tert-OH is 5. The number of nitrogens with zero attached hydrogens (tertiary/aromatic N) is 16. The fourth-order valence-electron chi connectivity index (χ4n) is 10.6. The lowest BCUT2D eigenvalue weighted by Gasteiger charge is -2.32. The Morgan fingerprint density at radius 3 is 0.914 bits per heavy atom. The van der Waals surface area contributed by atoms with Gasteiger partial charge in [-0.15, -0.1) is 0 Å². The highest BCUT2D eigenvalue weighted by atomic mass is 31.2. The number of phosphoric acid groups is 4. The van der Waals surface area contributed by atoms with E-state index in [1.54, 1.807) is 0 Å². The zero-order chi connectivity index (χ0) is 66.7. The molecule has 4 aliphatic heterocycles. The Labute approximate surface area is 514 Å². The van der Waals surface area contributed by atoms with E-state index in [4.69, 9.17) is 92.0 Å². The molecule has 4 saturated heterocycles. The van der Waals surface area contributed by atoms with Crippen LogP contribution in [0.3, 0.4) is 0 Å². The van der Waals surface area contributed by atoms with Gasteiger partial charge in [-0.1, -0.05) is 0 Å². The summed E-state index contributed by atoms with van der Waals surface area (Å²) in [6, 6.07) is 0. The third kappa shape index (κ3) is 12.4. The topological polar surface area (TPSA) is 766 Å². The average Bonchev–Trinajstić information content (AvgIpc) is 1.63. The van der Waals surface area contributed by atoms with Crippen LogP contribution in [-0.2, 0) is 68.9 Å². The monoisotopic (exact) mass is 1390 g/mol.